The minimum absolute atomic E-state index is 0.0636. The Kier molecular flexibility index (Phi) is 4.79. The summed E-state index contributed by atoms with van der Waals surface area (Å²) in [5, 5.41) is 13.1. The van der Waals surface area contributed by atoms with E-state index in [4.69, 9.17) is 5.84 Å². The average molecular weight is 295 g/mol. The molecule has 0 saturated heterocycles. The van der Waals surface area contributed by atoms with Gasteiger partial charge in [0.2, 0.25) is 17.8 Å². The quantitative estimate of drug-likeness (QED) is 0.461. The Bertz CT molecular complexity index is 472. The molecule has 21 heavy (non-hydrogen) atoms. The normalized spacial score (nSPS) is 25.5. The van der Waals surface area contributed by atoms with Gasteiger partial charge < -0.3 is 15.3 Å². The number of aromatic nitrogens is 3. The lowest BCUT2D eigenvalue weighted by molar-refractivity contribution is 0.154. The van der Waals surface area contributed by atoms with Crippen LogP contribution < -0.4 is 21.5 Å². The minimum atomic E-state index is -0.358. The van der Waals surface area contributed by atoms with Crippen LogP contribution >= 0.6 is 0 Å². The molecule has 1 aromatic rings. The number of nitrogens with zero attached hydrogens (tertiary/aromatic N) is 4. The van der Waals surface area contributed by atoms with Crippen molar-refractivity contribution in [3.8, 4) is 0 Å². The van der Waals surface area contributed by atoms with Crippen molar-refractivity contribution in [3.05, 3.63) is 0 Å². The lowest BCUT2D eigenvalue weighted by Gasteiger charge is -2.38. The second-order valence-electron chi connectivity index (χ2n) is 6.07. The number of nitrogens with one attached hydrogen (secondary N) is 2. The Morgan fingerprint density at radius 1 is 1.24 bits per heavy atom. The Morgan fingerprint density at radius 3 is 2.38 bits per heavy atom. The maximum atomic E-state index is 9.81. The first kappa shape index (κ1) is 15.7. The lowest BCUT2D eigenvalue weighted by Crippen LogP contribution is -2.45. The van der Waals surface area contributed by atoms with Crippen molar-refractivity contribution in [2.75, 3.05) is 36.3 Å². The fraction of sp³-hybridized carbons (Fsp3) is 0.769. The molecule has 0 bridgehead atoms. The zero-order valence-electron chi connectivity index (χ0n) is 12.9. The van der Waals surface area contributed by atoms with Crippen LogP contribution in [0.5, 0.6) is 0 Å². The SMILES string of the molecule is CC1CCC(CO)(Nc2nc(NN)nc(N(C)C)n2)CC1. The van der Waals surface area contributed by atoms with Crippen molar-refractivity contribution in [3.63, 3.8) is 0 Å². The predicted octanol–water partition coefficient (Wildman–Crippen LogP) is 0.576. The summed E-state index contributed by atoms with van der Waals surface area (Å²) in [7, 11) is 3.70. The number of nitrogen functional groups attached to an aromatic ring is 1. The van der Waals surface area contributed by atoms with E-state index in [0.717, 1.165) is 25.7 Å². The molecule has 0 unspecified atom stereocenters. The highest BCUT2D eigenvalue weighted by Gasteiger charge is 2.34. The van der Waals surface area contributed by atoms with Gasteiger partial charge in [-0.25, -0.2) is 5.84 Å². The third kappa shape index (κ3) is 3.70. The molecule has 2 rings (SSSR count). The number of nitrogens with two attached hydrogens (primary N) is 1. The Labute approximate surface area is 125 Å². The summed E-state index contributed by atoms with van der Waals surface area (Å²) in [4.78, 5) is 14.6. The molecule has 0 atom stereocenters. The van der Waals surface area contributed by atoms with Crippen molar-refractivity contribution in [1.29, 1.82) is 0 Å². The average Bonchev–Trinajstić information content (AvgIpc) is 2.49. The Balaban J connectivity index is 2.22. The van der Waals surface area contributed by atoms with E-state index in [1.807, 2.05) is 14.1 Å². The number of hydrogen-bond acceptors (Lipinski definition) is 8. The zero-order valence-corrected chi connectivity index (χ0v) is 12.9. The third-order valence-corrected chi connectivity index (χ3v) is 4.06. The molecule has 8 heteroatoms. The number of hydrogen-bond donors (Lipinski definition) is 4. The van der Waals surface area contributed by atoms with Gasteiger partial charge in [0.15, 0.2) is 0 Å². The first-order valence-electron chi connectivity index (χ1n) is 7.27. The van der Waals surface area contributed by atoms with Gasteiger partial charge >= 0.3 is 0 Å². The van der Waals surface area contributed by atoms with Crippen LogP contribution in [-0.4, -0.2) is 46.3 Å². The first-order valence-corrected chi connectivity index (χ1v) is 7.27. The number of aliphatic hydroxyl groups excluding tert-OH is 1. The lowest BCUT2D eigenvalue weighted by atomic mass is 9.77. The van der Waals surface area contributed by atoms with Crippen LogP contribution in [0, 0.1) is 5.92 Å². The molecule has 1 fully saturated rings. The summed E-state index contributed by atoms with van der Waals surface area (Å²) in [6.45, 7) is 2.30. The molecular weight excluding hydrogens is 270 g/mol. The van der Waals surface area contributed by atoms with Crippen molar-refractivity contribution in [2.45, 2.75) is 38.1 Å². The molecule has 1 aliphatic rings. The maximum Gasteiger partial charge on any atom is 0.243 e. The number of hydrazine groups is 1. The van der Waals surface area contributed by atoms with Crippen LogP contribution in [0.15, 0.2) is 0 Å². The van der Waals surface area contributed by atoms with Crippen LogP contribution in [0.2, 0.25) is 0 Å². The van der Waals surface area contributed by atoms with E-state index < -0.39 is 0 Å². The molecule has 1 aromatic heterocycles. The van der Waals surface area contributed by atoms with Crippen LogP contribution in [0.3, 0.4) is 0 Å². The summed E-state index contributed by atoms with van der Waals surface area (Å²) >= 11 is 0. The van der Waals surface area contributed by atoms with Crippen LogP contribution in [0.25, 0.3) is 0 Å². The largest absolute Gasteiger partial charge is 0.394 e. The molecule has 0 aliphatic heterocycles. The van der Waals surface area contributed by atoms with Crippen molar-refractivity contribution in [2.24, 2.45) is 11.8 Å². The second kappa shape index (κ2) is 6.40. The van der Waals surface area contributed by atoms with Gasteiger partial charge in [0.25, 0.3) is 0 Å². The summed E-state index contributed by atoms with van der Waals surface area (Å²) in [5.74, 6) is 7.35. The van der Waals surface area contributed by atoms with E-state index in [1.54, 1.807) is 4.90 Å². The van der Waals surface area contributed by atoms with Gasteiger partial charge in [-0.3, -0.25) is 5.43 Å². The third-order valence-electron chi connectivity index (χ3n) is 4.06. The minimum Gasteiger partial charge on any atom is -0.394 e. The van der Waals surface area contributed by atoms with E-state index in [2.05, 4.69) is 32.6 Å². The summed E-state index contributed by atoms with van der Waals surface area (Å²) in [6.07, 6.45) is 3.97. The zero-order chi connectivity index (χ0) is 15.5. The molecule has 0 amide bonds. The first-order chi connectivity index (χ1) is 9.98. The standard InChI is InChI=1S/C13H25N7O/c1-9-4-6-13(8-21,7-5-9)18-10-15-11(19-14)17-12(16-10)20(2)3/h9,21H,4-8,14H2,1-3H3,(H2,15,16,17,18,19). The summed E-state index contributed by atoms with van der Waals surface area (Å²) in [6, 6.07) is 0. The van der Waals surface area contributed by atoms with Gasteiger partial charge in [0.1, 0.15) is 0 Å². The van der Waals surface area contributed by atoms with Gasteiger partial charge in [-0.15, -0.1) is 0 Å². The number of anilines is 3. The Morgan fingerprint density at radius 2 is 1.86 bits per heavy atom. The van der Waals surface area contributed by atoms with E-state index in [1.165, 1.54) is 0 Å². The molecule has 1 aliphatic carbocycles. The van der Waals surface area contributed by atoms with E-state index in [-0.39, 0.29) is 12.1 Å². The van der Waals surface area contributed by atoms with Crippen LogP contribution in [0.4, 0.5) is 17.8 Å². The highest BCUT2D eigenvalue weighted by molar-refractivity contribution is 5.43. The maximum absolute atomic E-state index is 9.81. The van der Waals surface area contributed by atoms with Crippen molar-refractivity contribution < 1.29 is 5.11 Å². The number of aliphatic hydroxyl groups is 1. The highest BCUT2D eigenvalue weighted by atomic mass is 16.3. The molecule has 0 spiro atoms. The summed E-state index contributed by atoms with van der Waals surface area (Å²) < 4.78 is 0. The molecule has 1 saturated carbocycles. The van der Waals surface area contributed by atoms with Crippen molar-refractivity contribution >= 4 is 17.8 Å². The molecule has 0 radical (unpaired) electrons. The van der Waals surface area contributed by atoms with Gasteiger partial charge in [0, 0.05) is 14.1 Å². The van der Waals surface area contributed by atoms with Gasteiger partial charge in [-0.05, 0) is 31.6 Å². The van der Waals surface area contributed by atoms with Gasteiger partial charge in [-0.2, -0.15) is 15.0 Å². The topological polar surface area (TPSA) is 112 Å². The molecule has 5 N–H and O–H groups in total. The fourth-order valence-electron chi connectivity index (χ4n) is 2.56. The molecule has 8 nitrogen and oxygen atoms in total. The second-order valence-corrected chi connectivity index (χ2v) is 6.07. The smallest absolute Gasteiger partial charge is 0.243 e. The van der Waals surface area contributed by atoms with Crippen molar-refractivity contribution in [1.82, 2.24) is 15.0 Å². The van der Waals surface area contributed by atoms with Crippen LogP contribution in [-0.2, 0) is 0 Å². The summed E-state index contributed by atoms with van der Waals surface area (Å²) in [5.41, 5.74) is 2.09. The Hall–Kier alpha value is -1.67. The van der Waals surface area contributed by atoms with E-state index in [9.17, 15) is 5.11 Å². The highest BCUT2D eigenvalue weighted by Crippen LogP contribution is 2.33. The monoisotopic (exact) mass is 295 g/mol. The molecule has 1 heterocycles. The van der Waals surface area contributed by atoms with E-state index >= 15 is 0 Å². The van der Waals surface area contributed by atoms with Gasteiger partial charge in [-0.1, -0.05) is 6.92 Å². The van der Waals surface area contributed by atoms with Crippen LogP contribution in [0.1, 0.15) is 32.6 Å². The molecule has 0 aromatic carbocycles. The molecular formula is C13H25N7O. The van der Waals surface area contributed by atoms with Gasteiger partial charge in [0.05, 0.1) is 12.1 Å². The van der Waals surface area contributed by atoms with E-state index in [0.29, 0.717) is 23.8 Å². The molecule has 118 valence electrons. The number of rotatable bonds is 5. The predicted molar refractivity (Wildman–Crippen MR) is 83.0 cm³/mol. The fourth-order valence-corrected chi connectivity index (χ4v) is 2.56.